The number of halogens is 1. The van der Waals surface area contributed by atoms with Crippen molar-refractivity contribution in [1.82, 2.24) is 0 Å². The summed E-state index contributed by atoms with van der Waals surface area (Å²) in [5.74, 6) is 0.240. The van der Waals surface area contributed by atoms with E-state index in [1.807, 2.05) is 12.1 Å². The van der Waals surface area contributed by atoms with E-state index >= 15 is 0 Å². The Morgan fingerprint density at radius 2 is 1.87 bits per heavy atom. The maximum atomic E-state index is 13.8. The van der Waals surface area contributed by atoms with Crippen molar-refractivity contribution in [3.63, 3.8) is 0 Å². The third-order valence-corrected chi connectivity index (χ3v) is 3.70. The van der Waals surface area contributed by atoms with Crippen molar-refractivity contribution in [2.45, 2.75) is 44.2 Å². The summed E-state index contributed by atoms with van der Waals surface area (Å²) in [6, 6.07) is 7.16. The molecule has 0 spiro atoms. The lowest BCUT2D eigenvalue weighted by molar-refractivity contribution is 0.202. The zero-order valence-electron chi connectivity index (χ0n) is 9.04. The van der Waals surface area contributed by atoms with E-state index in [4.69, 9.17) is 0 Å². The van der Waals surface area contributed by atoms with E-state index in [9.17, 15) is 9.50 Å². The average molecular weight is 208 g/mol. The van der Waals surface area contributed by atoms with E-state index in [2.05, 4.69) is 0 Å². The number of phenolic OH excluding ortho intramolecular Hbond substituents is 1. The highest BCUT2D eigenvalue weighted by Crippen LogP contribution is 2.47. The molecule has 1 N–H and O–H groups in total. The highest BCUT2D eigenvalue weighted by Gasteiger charge is 2.42. The van der Waals surface area contributed by atoms with Gasteiger partial charge in [0.15, 0.2) is 0 Å². The van der Waals surface area contributed by atoms with Crippen LogP contribution in [0.1, 0.15) is 38.2 Å². The van der Waals surface area contributed by atoms with Crippen LogP contribution in [0.25, 0.3) is 0 Å². The summed E-state index contributed by atoms with van der Waals surface area (Å²) in [5, 5.41) is 9.82. The van der Waals surface area contributed by atoms with Crippen molar-refractivity contribution in [3.05, 3.63) is 29.8 Å². The van der Waals surface area contributed by atoms with Crippen molar-refractivity contribution in [1.29, 1.82) is 0 Å². The average Bonchev–Trinajstić information content (AvgIpc) is 2.68. The van der Waals surface area contributed by atoms with Crippen LogP contribution in [0.4, 0.5) is 4.39 Å². The monoisotopic (exact) mass is 208 g/mol. The molecule has 1 fully saturated rings. The van der Waals surface area contributed by atoms with Crippen molar-refractivity contribution in [3.8, 4) is 5.75 Å². The largest absolute Gasteiger partial charge is 0.508 e. The number of benzene rings is 1. The van der Waals surface area contributed by atoms with Gasteiger partial charge in [0.25, 0.3) is 0 Å². The normalized spacial score (nSPS) is 21.5. The summed E-state index contributed by atoms with van der Waals surface area (Å²) in [5.41, 5.74) is 0.350. The Morgan fingerprint density at radius 3 is 2.40 bits per heavy atom. The lowest BCUT2D eigenvalue weighted by atomic mass is 9.75. The van der Waals surface area contributed by atoms with Gasteiger partial charge in [0.1, 0.15) is 11.9 Å². The number of alkyl halides is 1. The summed E-state index contributed by atoms with van der Waals surface area (Å²) in [6.07, 6.45) is 2.92. The molecule has 1 unspecified atom stereocenters. The van der Waals surface area contributed by atoms with Crippen LogP contribution in [0, 0.1) is 0 Å². The molecule has 1 saturated carbocycles. The van der Waals surface area contributed by atoms with E-state index < -0.39 is 11.6 Å². The van der Waals surface area contributed by atoms with Gasteiger partial charge in [-0.15, -0.1) is 0 Å². The molecule has 1 aliphatic carbocycles. The fourth-order valence-corrected chi connectivity index (χ4v) is 2.78. The van der Waals surface area contributed by atoms with E-state index in [0.717, 1.165) is 31.2 Å². The molecule has 2 rings (SSSR count). The molecule has 1 aliphatic rings. The second kappa shape index (κ2) is 3.84. The second-order valence-corrected chi connectivity index (χ2v) is 4.50. The summed E-state index contributed by atoms with van der Waals surface area (Å²) in [7, 11) is 0. The minimum absolute atomic E-state index is 0.240. The first-order valence-corrected chi connectivity index (χ1v) is 5.59. The standard InChI is InChI=1S/C13H17FO/c1-10(14)13(8-4-5-9-13)11-6-2-3-7-12(11)15/h2-3,6-7,10,15H,4-5,8-9H2,1H3. The molecule has 1 aromatic carbocycles. The molecule has 1 aromatic rings. The molecule has 1 atom stereocenters. The Morgan fingerprint density at radius 1 is 1.27 bits per heavy atom. The minimum Gasteiger partial charge on any atom is -0.508 e. The molecular weight excluding hydrogens is 191 g/mol. The Balaban J connectivity index is 2.46. The first-order valence-electron chi connectivity index (χ1n) is 5.59. The summed E-state index contributed by atoms with van der Waals surface area (Å²) in [4.78, 5) is 0. The molecule has 0 bridgehead atoms. The lowest BCUT2D eigenvalue weighted by Gasteiger charge is -2.31. The Bertz CT molecular complexity index is 340. The van der Waals surface area contributed by atoms with Crippen LogP contribution in [0.3, 0.4) is 0 Å². The Labute approximate surface area is 89.9 Å². The predicted molar refractivity (Wildman–Crippen MR) is 58.8 cm³/mol. The van der Waals surface area contributed by atoms with Crippen LogP contribution in [0.5, 0.6) is 5.75 Å². The maximum Gasteiger partial charge on any atom is 0.119 e. The molecule has 0 amide bonds. The Hall–Kier alpha value is -1.05. The summed E-state index contributed by atoms with van der Waals surface area (Å²) in [6.45, 7) is 1.61. The second-order valence-electron chi connectivity index (χ2n) is 4.50. The highest BCUT2D eigenvalue weighted by atomic mass is 19.1. The topological polar surface area (TPSA) is 20.2 Å². The maximum absolute atomic E-state index is 13.8. The van der Waals surface area contributed by atoms with Crippen molar-refractivity contribution in [2.24, 2.45) is 0 Å². The van der Waals surface area contributed by atoms with Gasteiger partial charge in [0.2, 0.25) is 0 Å². The first kappa shape index (κ1) is 10.5. The predicted octanol–water partition coefficient (Wildman–Crippen LogP) is 3.56. The first-order chi connectivity index (χ1) is 7.17. The molecule has 0 heterocycles. The zero-order valence-corrected chi connectivity index (χ0v) is 9.04. The van der Waals surface area contributed by atoms with Gasteiger partial charge < -0.3 is 5.11 Å². The molecule has 0 radical (unpaired) electrons. The molecule has 0 aliphatic heterocycles. The highest BCUT2D eigenvalue weighted by molar-refractivity contribution is 5.40. The molecule has 2 heteroatoms. The van der Waals surface area contributed by atoms with Crippen LogP contribution in [-0.4, -0.2) is 11.3 Å². The molecular formula is C13H17FO. The van der Waals surface area contributed by atoms with E-state index in [0.29, 0.717) is 0 Å². The van der Waals surface area contributed by atoms with Crippen LogP contribution in [0.2, 0.25) is 0 Å². The number of aromatic hydroxyl groups is 1. The third kappa shape index (κ3) is 1.62. The van der Waals surface area contributed by atoms with Gasteiger partial charge in [-0.25, -0.2) is 4.39 Å². The number of rotatable bonds is 2. The summed E-state index contributed by atoms with van der Waals surface area (Å²) < 4.78 is 13.8. The number of phenols is 1. The van der Waals surface area contributed by atoms with Crippen LogP contribution < -0.4 is 0 Å². The van der Waals surface area contributed by atoms with Gasteiger partial charge in [-0.3, -0.25) is 0 Å². The quantitative estimate of drug-likeness (QED) is 0.787. The number of hydrogen-bond donors (Lipinski definition) is 1. The van der Waals surface area contributed by atoms with Gasteiger partial charge in [0, 0.05) is 11.0 Å². The van der Waals surface area contributed by atoms with Crippen molar-refractivity contribution < 1.29 is 9.50 Å². The Kier molecular flexibility index (Phi) is 2.68. The zero-order chi connectivity index (χ0) is 10.9. The van der Waals surface area contributed by atoms with Gasteiger partial charge in [-0.05, 0) is 25.8 Å². The smallest absolute Gasteiger partial charge is 0.119 e. The number of hydrogen-bond acceptors (Lipinski definition) is 1. The SMILES string of the molecule is CC(F)C1(c2ccccc2O)CCCC1. The van der Waals surface area contributed by atoms with E-state index in [1.54, 1.807) is 19.1 Å². The third-order valence-electron chi connectivity index (χ3n) is 3.70. The molecule has 15 heavy (non-hydrogen) atoms. The number of para-hydroxylation sites is 1. The summed E-state index contributed by atoms with van der Waals surface area (Å²) >= 11 is 0. The fraction of sp³-hybridized carbons (Fsp3) is 0.538. The fourth-order valence-electron chi connectivity index (χ4n) is 2.78. The van der Waals surface area contributed by atoms with Crippen molar-refractivity contribution >= 4 is 0 Å². The van der Waals surface area contributed by atoms with Crippen molar-refractivity contribution in [2.75, 3.05) is 0 Å². The molecule has 0 saturated heterocycles. The van der Waals surface area contributed by atoms with Crippen LogP contribution in [-0.2, 0) is 5.41 Å². The van der Waals surface area contributed by atoms with Crippen LogP contribution >= 0.6 is 0 Å². The van der Waals surface area contributed by atoms with Gasteiger partial charge in [0.05, 0.1) is 0 Å². The van der Waals surface area contributed by atoms with Crippen LogP contribution in [0.15, 0.2) is 24.3 Å². The van der Waals surface area contributed by atoms with Gasteiger partial charge >= 0.3 is 0 Å². The van der Waals surface area contributed by atoms with E-state index in [-0.39, 0.29) is 5.75 Å². The minimum atomic E-state index is -0.895. The van der Waals surface area contributed by atoms with Gasteiger partial charge in [-0.1, -0.05) is 31.0 Å². The molecule has 0 aromatic heterocycles. The molecule has 82 valence electrons. The van der Waals surface area contributed by atoms with E-state index in [1.165, 1.54) is 0 Å². The van der Waals surface area contributed by atoms with Gasteiger partial charge in [-0.2, -0.15) is 0 Å². The lowest BCUT2D eigenvalue weighted by Crippen LogP contribution is -2.32. The molecule has 1 nitrogen and oxygen atoms in total.